The van der Waals surface area contributed by atoms with E-state index in [1.54, 1.807) is 36.9 Å². The topological polar surface area (TPSA) is 78.2 Å². The highest BCUT2D eigenvalue weighted by molar-refractivity contribution is 7.18. The Bertz CT molecular complexity index is 1630. The third-order valence-electron chi connectivity index (χ3n) is 6.59. The van der Waals surface area contributed by atoms with Crippen molar-refractivity contribution in [3.8, 4) is 23.5 Å². The monoisotopic (exact) mass is 617 g/mol. The average molecular weight is 618 g/mol. The molecule has 0 saturated heterocycles. The number of pyridine rings is 1. The number of amides is 1. The lowest BCUT2D eigenvalue weighted by atomic mass is 9.96. The third-order valence-corrected chi connectivity index (χ3v) is 7.85. The minimum atomic E-state index is -0.211. The van der Waals surface area contributed by atoms with Gasteiger partial charge in [0.25, 0.3) is 5.91 Å². The number of likely N-dealkylation sites (N-methyl/N-ethyl adjacent to an activating group) is 1. The Morgan fingerprint density at radius 1 is 1.12 bits per heavy atom. The first-order valence-electron chi connectivity index (χ1n) is 14.3. The van der Waals surface area contributed by atoms with Gasteiger partial charge in [0.2, 0.25) is 0 Å². The number of thiophene rings is 1. The number of hydrogen-bond acceptors (Lipinski definition) is 7. The third kappa shape index (κ3) is 7.86. The fourth-order valence-corrected chi connectivity index (χ4v) is 5.66. The Kier molecular flexibility index (Phi) is 13.5. The quantitative estimate of drug-likeness (QED) is 0.197. The molecule has 0 radical (unpaired) electrons. The Balaban J connectivity index is 0.00000155. The zero-order valence-corrected chi connectivity index (χ0v) is 27.9. The number of carbonyl (C=O) groups excluding carboxylic acids is 2. The second kappa shape index (κ2) is 16.5. The van der Waals surface area contributed by atoms with E-state index in [2.05, 4.69) is 27.7 Å². The van der Waals surface area contributed by atoms with Gasteiger partial charge >= 0.3 is 0 Å². The van der Waals surface area contributed by atoms with Crippen LogP contribution in [0.2, 0.25) is 5.02 Å². The second-order valence-electron chi connectivity index (χ2n) is 9.17. The van der Waals surface area contributed by atoms with Gasteiger partial charge in [0, 0.05) is 40.8 Å². The van der Waals surface area contributed by atoms with E-state index in [0.29, 0.717) is 58.3 Å². The van der Waals surface area contributed by atoms with E-state index in [4.69, 9.17) is 18.0 Å². The van der Waals surface area contributed by atoms with Crippen LogP contribution in [0.5, 0.6) is 0 Å². The molecule has 3 aromatic rings. The van der Waals surface area contributed by atoms with Crippen molar-refractivity contribution in [2.45, 2.75) is 61.3 Å². The number of aryl methyl sites for hydroxylation is 2. The number of benzene rings is 1. The number of aromatic nitrogens is 1. The summed E-state index contributed by atoms with van der Waals surface area (Å²) < 4.78 is 0.939. The molecular formula is C34H40ClN5O2S. The molecule has 0 bridgehead atoms. The molecule has 1 amide bonds. The summed E-state index contributed by atoms with van der Waals surface area (Å²) in [5.74, 6) is 3.26. The van der Waals surface area contributed by atoms with E-state index in [1.807, 2.05) is 64.3 Å². The van der Waals surface area contributed by atoms with Gasteiger partial charge in [-0.3, -0.25) is 19.5 Å². The first kappa shape index (κ1) is 35.1. The fraction of sp³-hybridized carbons (Fsp3) is 0.324. The van der Waals surface area contributed by atoms with Crippen LogP contribution in [0.25, 0.3) is 21.3 Å². The summed E-state index contributed by atoms with van der Waals surface area (Å²) in [6, 6.07) is 7.83. The SMILES string of the molecule is C#CC1=C(/C)C(=O)N(CCCc2ccc(Cl)cc2-c2cc(C)nc3c(C=O)csc23)\C(C)=N/N=C\1N(C)C=C.CC.CC. The highest BCUT2D eigenvalue weighted by Crippen LogP contribution is 2.37. The van der Waals surface area contributed by atoms with Crippen molar-refractivity contribution in [1.82, 2.24) is 14.8 Å². The molecule has 1 aliphatic rings. The Labute approximate surface area is 264 Å². The number of nitrogens with zero attached hydrogens (tertiary/aromatic N) is 5. The summed E-state index contributed by atoms with van der Waals surface area (Å²) in [6.07, 6.45) is 9.50. The minimum Gasteiger partial charge on any atom is -0.334 e. The minimum absolute atomic E-state index is 0.211. The summed E-state index contributed by atoms with van der Waals surface area (Å²) in [7, 11) is 1.75. The lowest BCUT2D eigenvalue weighted by Crippen LogP contribution is -2.39. The van der Waals surface area contributed by atoms with Gasteiger partial charge in [-0.15, -0.1) is 28.0 Å². The molecule has 0 N–H and O–H groups in total. The molecule has 0 saturated carbocycles. The molecule has 9 heteroatoms. The van der Waals surface area contributed by atoms with Crippen LogP contribution >= 0.6 is 22.9 Å². The summed E-state index contributed by atoms with van der Waals surface area (Å²) in [6.45, 7) is 17.6. The standard InChI is InChI=1S/C30H28ClN5O2S.2C2H6/c1-7-24-19(4)30(38)36(20(5)33-34-29(24)35(6)8-2)13-9-10-21-11-12-23(31)15-25(21)26-14-18(3)32-27-22(16-37)17-39-28(26)27;2*1-2/h1,8,11-12,14-17H,2,9-10,13H2,3-6H3;2*1-2H3/b24-19+,33-20-,34-29+;;. The number of rotatable bonds is 7. The normalized spacial score (nSPS) is 17.0. The van der Waals surface area contributed by atoms with Crippen LogP contribution < -0.4 is 0 Å². The highest BCUT2D eigenvalue weighted by Gasteiger charge is 2.25. The number of amidine groups is 2. The van der Waals surface area contributed by atoms with Gasteiger partial charge in [0.1, 0.15) is 5.84 Å². The molecule has 1 aliphatic heterocycles. The Morgan fingerprint density at radius 3 is 2.44 bits per heavy atom. The highest BCUT2D eigenvalue weighted by atomic mass is 35.5. The number of carbonyl (C=O) groups is 2. The van der Waals surface area contributed by atoms with E-state index in [-0.39, 0.29) is 5.91 Å². The molecule has 0 atom stereocenters. The van der Waals surface area contributed by atoms with Crippen molar-refractivity contribution >= 4 is 57.0 Å². The summed E-state index contributed by atoms with van der Waals surface area (Å²) in [5.41, 5.74) is 5.93. The van der Waals surface area contributed by atoms with Gasteiger partial charge in [0.05, 0.1) is 21.4 Å². The maximum atomic E-state index is 13.5. The first-order chi connectivity index (χ1) is 20.7. The van der Waals surface area contributed by atoms with Crippen molar-refractivity contribution < 1.29 is 9.59 Å². The molecule has 3 heterocycles. The number of aldehydes is 1. The number of fused-ring (bicyclic) bond motifs is 1. The number of terminal acetylenes is 1. The molecular weight excluding hydrogens is 578 g/mol. The Hall–Kier alpha value is -4.06. The maximum absolute atomic E-state index is 13.5. The van der Waals surface area contributed by atoms with E-state index in [1.165, 1.54) is 11.3 Å². The van der Waals surface area contributed by atoms with Gasteiger partial charge in [-0.05, 0) is 69.1 Å². The molecule has 7 nitrogen and oxygen atoms in total. The molecule has 0 aliphatic carbocycles. The molecule has 2 aromatic heterocycles. The largest absolute Gasteiger partial charge is 0.334 e. The van der Waals surface area contributed by atoms with Crippen molar-refractivity contribution in [2.24, 2.45) is 10.2 Å². The molecule has 1 aromatic carbocycles. The number of halogens is 1. The van der Waals surface area contributed by atoms with Gasteiger partial charge in [-0.2, -0.15) is 0 Å². The summed E-state index contributed by atoms with van der Waals surface area (Å²) in [4.78, 5) is 32.9. The maximum Gasteiger partial charge on any atom is 0.256 e. The van der Waals surface area contributed by atoms with E-state index >= 15 is 0 Å². The molecule has 0 fully saturated rings. The van der Waals surface area contributed by atoms with Crippen molar-refractivity contribution in [2.75, 3.05) is 13.6 Å². The predicted molar refractivity (Wildman–Crippen MR) is 183 cm³/mol. The van der Waals surface area contributed by atoms with Crippen LogP contribution in [0.15, 0.2) is 63.8 Å². The molecule has 4 rings (SSSR count). The van der Waals surface area contributed by atoms with Crippen LogP contribution in [-0.2, 0) is 11.2 Å². The average Bonchev–Trinajstić information content (AvgIpc) is 3.44. The zero-order valence-electron chi connectivity index (χ0n) is 26.3. The van der Waals surface area contributed by atoms with Crippen molar-refractivity contribution in [3.05, 3.63) is 75.4 Å². The molecule has 43 heavy (non-hydrogen) atoms. The lowest BCUT2D eigenvalue weighted by molar-refractivity contribution is -0.123. The van der Waals surface area contributed by atoms with Gasteiger partial charge in [-0.1, -0.05) is 57.9 Å². The first-order valence-corrected chi connectivity index (χ1v) is 15.6. The van der Waals surface area contributed by atoms with Crippen LogP contribution in [0.1, 0.15) is 69.6 Å². The van der Waals surface area contributed by atoms with Gasteiger partial charge in [-0.25, -0.2) is 0 Å². The van der Waals surface area contributed by atoms with Crippen LogP contribution in [0.3, 0.4) is 0 Å². The van der Waals surface area contributed by atoms with Crippen LogP contribution in [0.4, 0.5) is 0 Å². The van der Waals surface area contributed by atoms with E-state index < -0.39 is 0 Å². The summed E-state index contributed by atoms with van der Waals surface area (Å²) >= 11 is 7.92. The predicted octanol–water partition coefficient (Wildman–Crippen LogP) is 8.32. The van der Waals surface area contributed by atoms with E-state index in [9.17, 15) is 9.59 Å². The van der Waals surface area contributed by atoms with Crippen LogP contribution in [-0.4, -0.2) is 52.2 Å². The summed E-state index contributed by atoms with van der Waals surface area (Å²) in [5, 5.41) is 11.1. The molecule has 0 unspecified atom stereocenters. The Morgan fingerprint density at radius 2 is 1.81 bits per heavy atom. The fourth-order valence-electron chi connectivity index (χ4n) is 4.50. The molecule has 0 spiro atoms. The van der Waals surface area contributed by atoms with Crippen LogP contribution in [0, 0.1) is 19.3 Å². The van der Waals surface area contributed by atoms with Crippen molar-refractivity contribution in [3.63, 3.8) is 0 Å². The van der Waals surface area contributed by atoms with Crippen molar-refractivity contribution in [1.29, 1.82) is 0 Å². The zero-order chi connectivity index (χ0) is 32.3. The lowest BCUT2D eigenvalue weighted by Gasteiger charge is -2.26. The van der Waals surface area contributed by atoms with E-state index in [0.717, 1.165) is 33.4 Å². The second-order valence-corrected chi connectivity index (χ2v) is 10.5. The smallest absolute Gasteiger partial charge is 0.256 e. The number of hydrogen-bond donors (Lipinski definition) is 0. The molecule has 226 valence electrons. The van der Waals surface area contributed by atoms with Gasteiger partial charge in [0.15, 0.2) is 12.1 Å². The van der Waals surface area contributed by atoms with Gasteiger partial charge < -0.3 is 4.90 Å².